The summed E-state index contributed by atoms with van der Waals surface area (Å²) in [5, 5.41) is 19.3. The number of amides is 1. The Morgan fingerprint density at radius 1 is 1.30 bits per heavy atom. The summed E-state index contributed by atoms with van der Waals surface area (Å²) in [6.45, 7) is 0.957. The second-order valence-electron chi connectivity index (χ2n) is 5.05. The highest BCUT2D eigenvalue weighted by Gasteiger charge is 2.43. The van der Waals surface area contributed by atoms with Crippen molar-refractivity contribution in [3.63, 3.8) is 0 Å². The van der Waals surface area contributed by atoms with Crippen molar-refractivity contribution in [2.75, 3.05) is 27.4 Å². The molecular weight excluding hydrogens is 302 g/mol. The SMILES string of the molecule is COc1ccc(OC)c([C@H]2C(C(C)=O)=C(O)C(=O)N2CCO)c1. The lowest BCUT2D eigenvalue weighted by atomic mass is 9.95. The number of ketones is 1. The van der Waals surface area contributed by atoms with Gasteiger partial charge >= 0.3 is 0 Å². The molecule has 1 heterocycles. The van der Waals surface area contributed by atoms with Crippen LogP contribution in [0, 0.1) is 0 Å². The highest BCUT2D eigenvalue weighted by molar-refractivity contribution is 6.08. The molecule has 0 bridgehead atoms. The van der Waals surface area contributed by atoms with Gasteiger partial charge in [0.25, 0.3) is 5.91 Å². The van der Waals surface area contributed by atoms with Gasteiger partial charge < -0.3 is 24.6 Å². The van der Waals surface area contributed by atoms with Gasteiger partial charge in [-0.25, -0.2) is 0 Å². The number of methoxy groups -OCH3 is 2. The molecule has 1 amide bonds. The van der Waals surface area contributed by atoms with Crippen LogP contribution in [0.25, 0.3) is 0 Å². The molecule has 0 aliphatic carbocycles. The minimum absolute atomic E-state index is 0.0185. The Kier molecular flexibility index (Phi) is 4.90. The average Bonchev–Trinajstić information content (AvgIpc) is 2.79. The quantitative estimate of drug-likeness (QED) is 0.811. The van der Waals surface area contributed by atoms with Crippen molar-refractivity contribution in [1.29, 1.82) is 0 Å². The molecule has 7 heteroatoms. The fraction of sp³-hybridized carbons (Fsp3) is 0.375. The van der Waals surface area contributed by atoms with Gasteiger partial charge in [0.2, 0.25) is 0 Å². The first-order chi connectivity index (χ1) is 11.0. The van der Waals surface area contributed by atoms with Gasteiger partial charge in [0.05, 0.1) is 32.4 Å². The van der Waals surface area contributed by atoms with Crippen LogP contribution in [-0.4, -0.2) is 54.2 Å². The lowest BCUT2D eigenvalue weighted by molar-refractivity contribution is -0.129. The van der Waals surface area contributed by atoms with Crippen molar-refractivity contribution in [3.05, 3.63) is 35.1 Å². The molecule has 1 aliphatic heterocycles. The van der Waals surface area contributed by atoms with Crippen LogP contribution in [0.3, 0.4) is 0 Å². The Hall–Kier alpha value is -2.54. The van der Waals surface area contributed by atoms with E-state index in [-0.39, 0.29) is 18.7 Å². The topological polar surface area (TPSA) is 96.3 Å². The molecule has 0 saturated heterocycles. The molecule has 2 N–H and O–H groups in total. The van der Waals surface area contributed by atoms with E-state index < -0.39 is 23.5 Å². The maximum Gasteiger partial charge on any atom is 0.290 e. The molecule has 0 radical (unpaired) electrons. The molecule has 2 rings (SSSR count). The van der Waals surface area contributed by atoms with Crippen LogP contribution in [0.5, 0.6) is 11.5 Å². The summed E-state index contributed by atoms with van der Waals surface area (Å²) in [4.78, 5) is 25.4. The van der Waals surface area contributed by atoms with Crippen LogP contribution in [-0.2, 0) is 9.59 Å². The first-order valence-corrected chi connectivity index (χ1v) is 7.04. The van der Waals surface area contributed by atoms with Gasteiger partial charge in [-0.1, -0.05) is 0 Å². The summed E-state index contributed by atoms with van der Waals surface area (Å²) in [7, 11) is 2.96. The molecular formula is C16H19NO6. The molecule has 0 fully saturated rings. The van der Waals surface area contributed by atoms with Gasteiger partial charge in [-0.15, -0.1) is 0 Å². The fourth-order valence-electron chi connectivity index (χ4n) is 2.73. The number of aliphatic hydroxyl groups excluding tert-OH is 2. The third kappa shape index (κ3) is 2.87. The number of ether oxygens (including phenoxy) is 2. The van der Waals surface area contributed by atoms with E-state index in [1.165, 1.54) is 26.0 Å². The molecule has 23 heavy (non-hydrogen) atoms. The molecule has 0 saturated carbocycles. The third-order valence-corrected chi connectivity index (χ3v) is 3.76. The molecule has 1 aromatic rings. The summed E-state index contributed by atoms with van der Waals surface area (Å²) in [6.07, 6.45) is 0. The third-order valence-electron chi connectivity index (χ3n) is 3.76. The van der Waals surface area contributed by atoms with Crippen LogP contribution >= 0.6 is 0 Å². The minimum atomic E-state index is -0.836. The van der Waals surface area contributed by atoms with Gasteiger partial charge in [0.1, 0.15) is 11.5 Å². The van der Waals surface area contributed by atoms with E-state index in [9.17, 15) is 19.8 Å². The average molecular weight is 321 g/mol. The maximum absolute atomic E-state index is 12.2. The van der Waals surface area contributed by atoms with E-state index in [0.717, 1.165) is 0 Å². The van der Waals surface area contributed by atoms with Crippen LogP contribution in [0.1, 0.15) is 18.5 Å². The number of benzene rings is 1. The van der Waals surface area contributed by atoms with Crippen molar-refractivity contribution in [2.45, 2.75) is 13.0 Å². The fourth-order valence-corrected chi connectivity index (χ4v) is 2.73. The Labute approximate surface area is 133 Å². The monoisotopic (exact) mass is 321 g/mol. The van der Waals surface area contributed by atoms with E-state index in [2.05, 4.69) is 0 Å². The first-order valence-electron chi connectivity index (χ1n) is 7.04. The standard InChI is InChI=1S/C16H19NO6/c1-9(19)13-14(17(6-7-18)16(21)15(13)20)11-8-10(22-2)4-5-12(11)23-3/h4-5,8,14,18,20H,6-7H2,1-3H3/t14-/m0/s1. The number of rotatable bonds is 6. The van der Waals surface area contributed by atoms with Gasteiger partial charge in [0, 0.05) is 12.1 Å². The zero-order valence-corrected chi connectivity index (χ0v) is 13.2. The molecule has 0 aromatic heterocycles. The van der Waals surface area contributed by atoms with Crippen LogP contribution in [0.2, 0.25) is 0 Å². The second kappa shape index (κ2) is 6.70. The summed E-state index contributed by atoms with van der Waals surface area (Å²) in [5.41, 5.74) is 0.484. The van der Waals surface area contributed by atoms with E-state index in [1.807, 2.05) is 0 Å². The highest BCUT2D eigenvalue weighted by Crippen LogP contribution is 2.42. The van der Waals surface area contributed by atoms with Gasteiger partial charge in [-0.2, -0.15) is 0 Å². The summed E-state index contributed by atoms with van der Waals surface area (Å²) in [6, 6.07) is 4.15. The van der Waals surface area contributed by atoms with Crippen molar-refractivity contribution in [2.24, 2.45) is 0 Å². The Bertz CT molecular complexity index is 667. The van der Waals surface area contributed by atoms with Crippen LogP contribution < -0.4 is 9.47 Å². The maximum atomic E-state index is 12.2. The zero-order chi connectivity index (χ0) is 17.1. The smallest absolute Gasteiger partial charge is 0.290 e. The van der Waals surface area contributed by atoms with Crippen molar-refractivity contribution >= 4 is 11.7 Å². The number of Topliss-reactive ketones (excluding diaryl/α,β-unsaturated/α-hetero) is 1. The van der Waals surface area contributed by atoms with E-state index in [4.69, 9.17) is 9.47 Å². The number of hydrogen-bond acceptors (Lipinski definition) is 6. The molecule has 7 nitrogen and oxygen atoms in total. The Balaban J connectivity index is 2.65. The lowest BCUT2D eigenvalue weighted by Crippen LogP contribution is -2.33. The second-order valence-corrected chi connectivity index (χ2v) is 5.05. The minimum Gasteiger partial charge on any atom is -0.503 e. The number of nitrogens with zero attached hydrogens (tertiary/aromatic N) is 1. The predicted octanol–water partition coefficient (Wildman–Crippen LogP) is 0.980. The molecule has 1 aromatic carbocycles. The number of carbonyl (C=O) groups excluding carboxylic acids is 2. The molecule has 1 atom stereocenters. The van der Waals surface area contributed by atoms with Gasteiger partial charge in [0.15, 0.2) is 11.5 Å². The lowest BCUT2D eigenvalue weighted by Gasteiger charge is -2.27. The molecule has 124 valence electrons. The van der Waals surface area contributed by atoms with Crippen LogP contribution in [0.4, 0.5) is 0 Å². The van der Waals surface area contributed by atoms with Gasteiger partial charge in [-0.05, 0) is 25.1 Å². The van der Waals surface area contributed by atoms with Crippen molar-refractivity contribution in [1.82, 2.24) is 4.90 Å². The number of aliphatic hydroxyl groups is 2. The van der Waals surface area contributed by atoms with Gasteiger partial charge in [-0.3, -0.25) is 9.59 Å². The summed E-state index contributed by atoms with van der Waals surface area (Å²) < 4.78 is 10.5. The molecule has 0 spiro atoms. The number of β-amino-alcohol motifs (C(OH)–C–C–N with tert-alkyl or cyclic N) is 1. The molecule has 1 aliphatic rings. The normalized spacial score (nSPS) is 17.7. The van der Waals surface area contributed by atoms with E-state index >= 15 is 0 Å². The van der Waals surface area contributed by atoms with Crippen LogP contribution in [0.15, 0.2) is 29.5 Å². The van der Waals surface area contributed by atoms with E-state index in [1.54, 1.807) is 18.2 Å². The van der Waals surface area contributed by atoms with E-state index in [0.29, 0.717) is 17.1 Å². The first kappa shape index (κ1) is 16.8. The Morgan fingerprint density at radius 2 is 2.00 bits per heavy atom. The summed E-state index contributed by atoms with van der Waals surface area (Å²) in [5.74, 6) is -0.752. The predicted molar refractivity (Wildman–Crippen MR) is 81.4 cm³/mol. The van der Waals surface area contributed by atoms with Crippen molar-refractivity contribution in [3.8, 4) is 11.5 Å². The largest absolute Gasteiger partial charge is 0.503 e. The Morgan fingerprint density at radius 3 is 2.52 bits per heavy atom. The summed E-state index contributed by atoms with van der Waals surface area (Å²) >= 11 is 0. The number of hydrogen-bond donors (Lipinski definition) is 2. The zero-order valence-electron chi connectivity index (χ0n) is 13.2. The highest BCUT2D eigenvalue weighted by atomic mass is 16.5. The number of carbonyl (C=O) groups is 2. The molecule has 0 unspecified atom stereocenters. The van der Waals surface area contributed by atoms with Crippen molar-refractivity contribution < 1.29 is 29.3 Å².